The van der Waals surface area contributed by atoms with Crippen LogP contribution in [-0.4, -0.2) is 15.7 Å². The van der Waals surface area contributed by atoms with Crippen LogP contribution in [0.2, 0.25) is 0 Å². The molecule has 5 heteroatoms. The maximum absolute atomic E-state index is 8.78. The minimum atomic E-state index is -0.750. The Labute approximate surface area is 98.3 Å². The second-order valence-electron chi connectivity index (χ2n) is 2.28. The third-order valence-electron chi connectivity index (χ3n) is 1.05. The van der Waals surface area contributed by atoms with E-state index in [-0.39, 0.29) is 0 Å². The van der Waals surface area contributed by atoms with Gasteiger partial charge in [-0.2, -0.15) is 0 Å². The number of benzene rings is 1. The van der Waals surface area contributed by atoms with E-state index in [0.717, 1.165) is 0 Å². The van der Waals surface area contributed by atoms with Crippen molar-refractivity contribution in [1.82, 2.24) is 0 Å². The highest BCUT2D eigenvalue weighted by Gasteiger charge is 1.94. The molecule has 1 N–H and O–H groups in total. The van der Waals surface area contributed by atoms with E-state index in [4.69, 9.17) is 44.6 Å². The first-order valence-corrected chi connectivity index (χ1v) is 5.15. The van der Waals surface area contributed by atoms with E-state index in [2.05, 4.69) is 0 Å². The average molecular weight is 258 g/mol. The van der Waals surface area contributed by atoms with Gasteiger partial charge in [0.15, 0.2) is 10.6 Å². The highest BCUT2D eigenvalue weighted by molar-refractivity contribution is 6.63. The van der Waals surface area contributed by atoms with Gasteiger partial charge in [0.2, 0.25) is 0 Å². The first-order chi connectivity index (χ1) is 6.52. The van der Waals surface area contributed by atoms with Gasteiger partial charge in [0.25, 0.3) is 0 Å². The van der Waals surface area contributed by atoms with Crippen molar-refractivity contribution in [3.63, 3.8) is 0 Å². The van der Waals surface area contributed by atoms with E-state index in [1.807, 2.05) is 18.2 Å². The minimum Gasteiger partial charge on any atom is -0.465 e. The van der Waals surface area contributed by atoms with Crippen molar-refractivity contribution >= 4 is 34.8 Å². The van der Waals surface area contributed by atoms with Gasteiger partial charge in [-0.15, -0.1) is 0 Å². The van der Waals surface area contributed by atoms with Crippen LogP contribution in [0.4, 0.5) is 0 Å². The van der Waals surface area contributed by atoms with Gasteiger partial charge in [0, 0.05) is 0 Å². The van der Waals surface area contributed by atoms with E-state index in [9.17, 15) is 0 Å². The first kappa shape index (κ1) is 13.8. The lowest BCUT2D eigenvalue weighted by Gasteiger charge is -2.06. The topological polar surface area (TPSA) is 29.5 Å². The molecule has 0 spiro atoms. The molecule has 0 heterocycles. The fraction of sp³-hybridized carbons (Fsp3) is 0.333. The van der Waals surface area contributed by atoms with Crippen molar-refractivity contribution in [2.24, 2.45) is 0 Å². The number of hydrogen-bond acceptors (Lipinski definition) is 2. The van der Waals surface area contributed by atoms with Crippen LogP contribution < -0.4 is 4.74 Å². The van der Waals surface area contributed by atoms with Crippen molar-refractivity contribution in [2.75, 3.05) is 0 Å². The van der Waals surface area contributed by atoms with E-state index in [0.29, 0.717) is 5.75 Å². The van der Waals surface area contributed by atoms with E-state index in [1.54, 1.807) is 19.1 Å². The average Bonchev–Trinajstić information content (AvgIpc) is 2.03. The minimum absolute atomic E-state index is 0.692. The molecule has 80 valence electrons. The molecule has 0 aliphatic heterocycles. The molecule has 0 aromatic heterocycles. The smallest absolute Gasteiger partial charge is 0.194 e. The molecule has 14 heavy (non-hydrogen) atoms. The van der Waals surface area contributed by atoms with Crippen molar-refractivity contribution in [3.8, 4) is 5.75 Å². The number of aliphatic hydroxyl groups excluding tert-OH is 1. The molecule has 0 fully saturated rings. The molecule has 1 rings (SSSR count). The summed E-state index contributed by atoms with van der Waals surface area (Å²) >= 11 is 14.4. The molecule has 0 bridgehead atoms. The van der Waals surface area contributed by atoms with Crippen molar-refractivity contribution in [2.45, 2.75) is 17.5 Å². The second-order valence-corrected chi connectivity index (χ2v) is 4.26. The summed E-state index contributed by atoms with van der Waals surface area (Å²) in [6.07, 6.45) is -0.734. The number of aliphatic hydroxyl groups is 1. The number of rotatable bonds is 2. The fourth-order valence-corrected chi connectivity index (χ4v) is 0.696. The Morgan fingerprint density at radius 1 is 1.14 bits per heavy atom. The fourth-order valence-electron chi connectivity index (χ4n) is 0.696. The normalized spacial score (nSPS) is 11.6. The third-order valence-corrected chi connectivity index (χ3v) is 1.05. The molecule has 1 aromatic carbocycles. The summed E-state index contributed by atoms with van der Waals surface area (Å²) in [7, 11) is 0. The van der Waals surface area contributed by atoms with E-state index in [1.165, 1.54) is 0 Å². The molecular weight excluding hydrogens is 246 g/mol. The zero-order chi connectivity index (χ0) is 11.0. The molecule has 0 aliphatic carbocycles. The summed E-state index contributed by atoms with van der Waals surface area (Å²) in [5.41, 5.74) is 0. The zero-order valence-corrected chi connectivity index (χ0v) is 9.80. The standard InChI is InChI=1S/C8H10O2.CHCl3/c1-7(9)10-8-5-3-2-4-6-8;2-1(3)4/h2-7,9H,1H3;1H. The van der Waals surface area contributed by atoms with Gasteiger partial charge < -0.3 is 9.84 Å². The Morgan fingerprint density at radius 3 is 1.93 bits per heavy atom. The van der Waals surface area contributed by atoms with Crippen molar-refractivity contribution in [1.29, 1.82) is 0 Å². The number of alkyl halides is 3. The van der Waals surface area contributed by atoms with Crippen LogP contribution >= 0.6 is 34.8 Å². The SMILES string of the molecule is CC(O)Oc1ccccc1.ClC(Cl)Cl. The predicted molar refractivity (Wildman–Crippen MR) is 60.1 cm³/mol. The predicted octanol–water partition coefficient (Wildman–Crippen LogP) is 3.39. The monoisotopic (exact) mass is 256 g/mol. The summed E-state index contributed by atoms with van der Waals surface area (Å²) in [5.74, 6) is 0.692. The maximum atomic E-state index is 8.78. The molecule has 0 saturated heterocycles. The number of para-hydroxylation sites is 1. The lowest BCUT2D eigenvalue weighted by Crippen LogP contribution is -2.08. The van der Waals surface area contributed by atoms with Gasteiger partial charge in [-0.3, -0.25) is 0 Å². The Morgan fingerprint density at radius 2 is 1.57 bits per heavy atom. The molecule has 1 unspecified atom stereocenters. The highest BCUT2D eigenvalue weighted by Crippen LogP contribution is 2.09. The number of hydrogen-bond donors (Lipinski definition) is 1. The van der Waals surface area contributed by atoms with Crippen molar-refractivity contribution in [3.05, 3.63) is 30.3 Å². The summed E-state index contributed by atoms with van der Waals surface area (Å²) in [6, 6.07) is 9.21. The van der Waals surface area contributed by atoms with Crippen LogP contribution in [0.15, 0.2) is 30.3 Å². The lowest BCUT2D eigenvalue weighted by molar-refractivity contribution is -0.000287. The van der Waals surface area contributed by atoms with Crippen LogP contribution in [0.3, 0.4) is 0 Å². The molecule has 0 amide bonds. The van der Waals surface area contributed by atoms with Crippen LogP contribution in [0.25, 0.3) is 0 Å². The van der Waals surface area contributed by atoms with Gasteiger partial charge in [0.05, 0.1) is 0 Å². The van der Waals surface area contributed by atoms with E-state index < -0.39 is 10.6 Å². The van der Waals surface area contributed by atoms with Gasteiger partial charge in [0.1, 0.15) is 5.75 Å². The van der Waals surface area contributed by atoms with Crippen molar-refractivity contribution < 1.29 is 9.84 Å². The lowest BCUT2D eigenvalue weighted by atomic mass is 10.3. The molecule has 0 aliphatic rings. The largest absolute Gasteiger partial charge is 0.465 e. The number of halogens is 3. The summed E-state index contributed by atoms with van der Waals surface area (Å²) in [6.45, 7) is 1.58. The Balaban J connectivity index is 0.000000364. The summed E-state index contributed by atoms with van der Waals surface area (Å²) < 4.78 is 4.22. The molecular formula is C9H11Cl3O2. The molecule has 1 aromatic rings. The van der Waals surface area contributed by atoms with Crippen LogP contribution in [0, 0.1) is 0 Å². The molecule has 1 atom stereocenters. The van der Waals surface area contributed by atoms with Crippen LogP contribution in [0.5, 0.6) is 5.75 Å². The van der Waals surface area contributed by atoms with Crippen LogP contribution in [0.1, 0.15) is 6.92 Å². The summed E-state index contributed by atoms with van der Waals surface area (Å²) in [5, 5.41) is 8.78. The second kappa shape index (κ2) is 8.18. The Bertz CT molecular complexity index is 224. The molecule has 2 nitrogen and oxygen atoms in total. The van der Waals surface area contributed by atoms with E-state index >= 15 is 0 Å². The van der Waals surface area contributed by atoms with Gasteiger partial charge >= 0.3 is 0 Å². The van der Waals surface area contributed by atoms with Gasteiger partial charge in [-0.1, -0.05) is 53.0 Å². The quantitative estimate of drug-likeness (QED) is 0.650. The number of ether oxygens (including phenoxy) is 1. The Kier molecular flexibility index (Phi) is 8.09. The van der Waals surface area contributed by atoms with Crippen LogP contribution in [-0.2, 0) is 0 Å². The zero-order valence-electron chi connectivity index (χ0n) is 7.53. The summed E-state index contributed by atoms with van der Waals surface area (Å²) in [4.78, 5) is 0. The van der Waals surface area contributed by atoms with Gasteiger partial charge in [-0.25, -0.2) is 0 Å². The first-order valence-electron chi connectivity index (χ1n) is 3.84. The molecule has 0 saturated carbocycles. The van der Waals surface area contributed by atoms with Gasteiger partial charge in [-0.05, 0) is 19.1 Å². The maximum Gasteiger partial charge on any atom is 0.194 e. The highest BCUT2D eigenvalue weighted by atomic mass is 35.6. The molecule has 0 radical (unpaired) electrons. The third kappa shape index (κ3) is 9.93. The Hall–Kier alpha value is -0.150.